The first-order valence-electron chi connectivity index (χ1n) is 11.0. The lowest BCUT2D eigenvalue weighted by molar-refractivity contribution is 0.0326. The molecule has 9 heteroatoms. The van der Waals surface area contributed by atoms with Crippen molar-refractivity contribution in [2.24, 2.45) is 0 Å². The Labute approximate surface area is 212 Å². The highest BCUT2D eigenvalue weighted by molar-refractivity contribution is 7.99. The lowest BCUT2D eigenvalue weighted by Gasteiger charge is -2.25. The van der Waals surface area contributed by atoms with Crippen molar-refractivity contribution >= 4 is 35.4 Å². The Morgan fingerprint density at radius 1 is 1.14 bits per heavy atom. The molecule has 0 fully saturated rings. The topological polar surface area (TPSA) is 94.1 Å². The lowest BCUT2D eigenvalue weighted by Crippen LogP contribution is -2.25. The summed E-state index contributed by atoms with van der Waals surface area (Å²) in [6, 6.07) is 18.2. The molecule has 0 aromatic heterocycles. The fourth-order valence-electron chi connectivity index (χ4n) is 3.55. The maximum atomic E-state index is 12.4. The summed E-state index contributed by atoms with van der Waals surface area (Å²) >= 11 is 8.06. The van der Waals surface area contributed by atoms with Crippen molar-refractivity contribution in [1.82, 2.24) is 5.32 Å². The van der Waals surface area contributed by atoms with Crippen LogP contribution in [0.2, 0.25) is 5.02 Å². The van der Waals surface area contributed by atoms with E-state index in [0.29, 0.717) is 53.0 Å². The quantitative estimate of drug-likeness (QED) is 0.202. The first-order valence-corrected chi connectivity index (χ1v) is 12.4. The van der Waals surface area contributed by atoms with Crippen LogP contribution in [0.4, 0.5) is 4.79 Å². The normalized spacial score (nSPS) is 14.4. The Hall–Kier alpha value is -3.36. The second kappa shape index (κ2) is 11.4. The fourth-order valence-corrected chi connectivity index (χ4v) is 4.53. The zero-order valence-electron chi connectivity index (χ0n) is 19.0. The molecule has 0 spiro atoms. The van der Waals surface area contributed by atoms with E-state index >= 15 is 0 Å². The van der Waals surface area contributed by atoms with Gasteiger partial charge in [0.15, 0.2) is 0 Å². The Bertz CT molecular complexity index is 1200. The highest BCUT2D eigenvalue weighted by Crippen LogP contribution is 2.42. The van der Waals surface area contributed by atoms with Gasteiger partial charge in [0.25, 0.3) is 5.91 Å². The summed E-state index contributed by atoms with van der Waals surface area (Å²) in [5.74, 6) is 1.92. The molecule has 1 aliphatic heterocycles. The average Bonchev–Trinajstić information content (AvgIpc) is 2.84. The fraction of sp³-hybridized carbons (Fsp3) is 0.231. The predicted molar refractivity (Wildman–Crippen MR) is 134 cm³/mol. The molecule has 0 saturated carbocycles. The molecule has 1 aliphatic rings. The van der Waals surface area contributed by atoms with E-state index in [1.807, 2.05) is 0 Å². The summed E-state index contributed by atoms with van der Waals surface area (Å²) in [5.41, 5.74) is 2.30. The first-order chi connectivity index (χ1) is 16.9. The summed E-state index contributed by atoms with van der Waals surface area (Å²) in [6.07, 6.45) is -1.59. The third-order valence-corrected chi connectivity index (χ3v) is 6.62. The van der Waals surface area contributed by atoms with E-state index in [9.17, 15) is 9.59 Å². The van der Waals surface area contributed by atoms with Crippen LogP contribution < -0.4 is 14.8 Å². The number of carbonyl (C=O) groups is 2. The molecule has 182 valence electrons. The number of carbonyl (C=O) groups excluding carboxylic acids is 1. The summed E-state index contributed by atoms with van der Waals surface area (Å²) in [4.78, 5) is 24.5. The van der Waals surface area contributed by atoms with Crippen LogP contribution in [0.5, 0.6) is 17.2 Å². The number of ether oxygens (including phenoxy) is 3. The molecule has 1 heterocycles. The van der Waals surface area contributed by atoms with Crippen molar-refractivity contribution in [3.63, 3.8) is 0 Å². The van der Waals surface area contributed by atoms with Crippen molar-refractivity contribution < 1.29 is 28.9 Å². The highest BCUT2D eigenvalue weighted by Gasteiger charge is 2.27. The molecule has 4 rings (SSSR count). The molecule has 7 nitrogen and oxygen atoms in total. The summed E-state index contributed by atoms with van der Waals surface area (Å²) in [7, 11) is 0. The number of benzene rings is 3. The molecule has 3 aromatic rings. The van der Waals surface area contributed by atoms with Crippen LogP contribution in [0.25, 0.3) is 0 Å². The maximum Gasteiger partial charge on any atom is 0.506 e. The molecule has 1 atom stereocenters. The number of thioether (sulfide) groups is 1. The van der Waals surface area contributed by atoms with Gasteiger partial charge in [-0.05, 0) is 49.4 Å². The molecular formula is C26H24ClNO6S. The van der Waals surface area contributed by atoms with Gasteiger partial charge in [-0.15, -0.1) is 11.8 Å². The van der Waals surface area contributed by atoms with Gasteiger partial charge in [0.1, 0.15) is 23.4 Å². The minimum Gasteiger partial charge on any atom is -0.493 e. The molecule has 0 bridgehead atoms. The van der Waals surface area contributed by atoms with Gasteiger partial charge in [-0.1, -0.05) is 29.3 Å². The van der Waals surface area contributed by atoms with E-state index in [-0.39, 0.29) is 5.91 Å². The van der Waals surface area contributed by atoms with Crippen LogP contribution in [-0.4, -0.2) is 36.1 Å². The summed E-state index contributed by atoms with van der Waals surface area (Å²) < 4.78 is 16.4. The Balaban J connectivity index is 1.33. The molecular weight excluding hydrogens is 490 g/mol. The number of halogens is 1. The SMILES string of the molecule is Cc1ccc(SCCNC(=O)c2ccc(Oc3cc4c(cc3Cl)C(OC(=O)O)CCO4)cc2)cc1. The summed E-state index contributed by atoms with van der Waals surface area (Å²) in [6.45, 7) is 2.92. The monoisotopic (exact) mass is 513 g/mol. The molecule has 0 radical (unpaired) electrons. The number of nitrogens with one attached hydrogen (secondary N) is 1. The van der Waals surface area contributed by atoms with Gasteiger partial charge in [-0.2, -0.15) is 0 Å². The number of amides is 1. The first kappa shape index (κ1) is 24.8. The zero-order valence-corrected chi connectivity index (χ0v) is 20.5. The van der Waals surface area contributed by atoms with Crippen molar-refractivity contribution in [2.45, 2.75) is 24.3 Å². The van der Waals surface area contributed by atoms with E-state index in [0.717, 1.165) is 5.75 Å². The third kappa shape index (κ3) is 6.61. The Morgan fingerprint density at radius 3 is 2.60 bits per heavy atom. The van der Waals surface area contributed by atoms with Crippen molar-refractivity contribution in [2.75, 3.05) is 18.9 Å². The smallest absolute Gasteiger partial charge is 0.493 e. The molecule has 2 N–H and O–H groups in total. The van der Waals surface area contributed by atoms with Gasteiger partial charge in [-0.25, -0.2) is 4.79 Å². The van der Waals surface area contributed by atoms with Crippen molar-refractivity contribution in [3.05, 3.63) is 82.4 Å². The van der Waals surface area contributed by atoms with Crippen LogP contribution in [0, 0.1) is 6.92 Å². The number of hydrogen-bond acceptors (Lipinski definition) is 6. The number of carboxylic acid groups (broad SMARTS) is 1. The van der Waals surface area contributed by atoms with Crippen molar-refractivity contribution in [3.8, 4) is 17.2 Å². The number of aryl methyl sites for hydroxylation is 1. The van der Waals surface area contributed by atoms with Crippen LogP contribution in [0.15, 0.2) is 65.6 Å². The molecule has 0 aliphatic carbocycles. The van der Waals surface area contributed by atoms with Gasteiger partial charge in [0.05, 0.1) is 11.6 Å². The molecule has 0 saturated heterocycles. The average molecular weight is 514 g/mol. The second-order valence-electron chi connectivity index (χ2n) is 7.87. The van der Waals surface area contributed by atoms with E-state index in [1.165, 1.54) is 10.5 Å². The van der Waals surface area contributed by atoms with E-state index in [1.54, 1.807) is 48.2 Å². The molecule has 1 unspecified atom stereocenters. The number of hydrogen-bond donors (Lipinski definition) is 2. The van der Waals surface area contributed by atoms with Crippen LogP contribution in [-0.2, 0) is 4.74 Å². The van der Waals surface area contributed by atoms with Crippen molar-refractivity contribution in [1.29, 1.82) is 0 Å². The minimum atomic E-state index is -1.35. The van der Waals surface area contributed by atoms with Gasteiger partial charge in [0, 0.05) is 40.8 Å². The maximum absolute atomic E-state index is 12.4. The molecule has 1 amide bonds. The van der Waals surface area contributed by atoms with Crippen LogP contribution in [0.1, 0.15) is 34.0 Å². The number of rotatable bonds is 8. The standard InChI is InChI=1S/C26H24ClNO6S/c1-16-2-8-19(9-3-16)35-13-11-28-25(29)17-4-6-18(7-5-17)33-24-15-23-20(14-21(24)27)22(10-12-32-23)34-26(30)31/h2-9,14-15,22H,10-13H2,1H3,(H,28,29)(H,30,31). The number of fused-ring (bicyclic) bond motifs is 1. The van der Waals surface area contributed by atoms with Crippen LogP contribution >= 0.6 is 23.4 Å². The van der Waals surface area contributed by atoms with Gasteiger partial charge < -0.3 is 24.6 Å². The third-order valence-electron chi connectivity index (χ3n) is 5.31. The van der Waals surface area contributed by atoms with E-state index < -0.39 is 12.3 Å². The largest absolute Gasteiger partial charge is 0.506 e. The van der Waals surface area contributed by atoms with Gasteiger partial charge in [-0.3, -0.25) is 4.79 Å². The van der Waals surface area contributed by atoms with Crippen LogP contribution in [0.3, 0.4) is 0 Å². The lowest BCUT2D eigenvalue weighted by atomic mass is 10.0. The minimum absolute atomic E-state index is 0.161. The van der Waals surface area contributed by atoms with Gasteiger partial charge in [0.2, 0.25) is 0 Å². The highest BCUT2D eigenvalue weighted by atomic mass is 35.5. The second-order valence-corrected chi connectivity index (χ2v) is 9.45. The Kier molecular flexibility index (Phi) is 8.05. The van der Waals surface area contributed by atoms with Gasteiger partial charge >= 0.3 is 6.16 Å². The molecule has 3 aromatic carbocycles. The zero-order chi connectivity index (χ0) is 24.8. The van der Waals surface area contributed by atoms with E-state index in [2.05, 4.69) is 36.5 Å². The Morgan fingerprint density at radius 2 is 1.89 bits per heavy atom. The predicted octanol–water partition coefficient (Wildman–Crippen LogP) is 6.48. The summed E-state index contributed by atoms with van der Waals surface area (Å²) in [5, 5.41) is 12.1. The molecule has 35 heavy (non-hydrogen) atoms. The van der Waals surface area contributed by atoms with E-state index in [4.69, 9.17) is 30.9 Å².